The van der Waals surface area contributed by atoms with Crippen LogP contribution in [0.4, 0.5) is 0 Å². The van der Waals surface area contributed by atoms with E-state index in [0.717, 1.165) is 11.1 Å². The van der Waals surface area contributed by atoms with Crippen molar-refractivity contribution in [2.24, 2.45) is 0 Å². The van der Waals surface area contributed by atoms with Crippen molar-refractivity contribution in [1.82, 2.24) is 5.32 Å². The molecule has 0 radical (unpaired) electrons. The zero-order chi connectivity index (χ0) is 15.2. The van der Waals surface area contributed by atoms with Gasteiger partial charge in [-0.25, -0.2) is 0 Å². The van der Waals surface area contributed by atoms with Crippen molar-refractivity contribution in [2.45, 2.75) is 24.3 Å². The van der Waals surface area contributed by atoms with Crippen LogP contribution >= 0.6 is 23.4 Å². The minimum atomic E-state index is 0.000654. The van der Waals surface area contributed by atoms with Gasteiger partial charge in [-0.05, 0) is 48.6 Å². The van der Waals surface area contributed by atoms with Crippen molar-refractivity contribution in [1.29, 1.82) is 0 Å². The Morgan fingerprint density at radius 2 is 1.76 bits per heavy atom. The monoisotopic (exact) mass is 319 g/mol. The van der Waals surface area contributed by atoms with Crippen LogP contribution in [0.3, 0.4) is 0 Å². The quantitative estimate of drug-likeness (QED) is 0.823. The van der Waals surface area contributed by atoms with Gasteiger partial charge in [0.15, 0.2) is 0 Å². The maximum absolute atomic E-state index is 12.1. The second-order valence-electron chi connectivity index (χ2n) is 4.87. The van der Waals surface area contributed by atoms with E-state index in [1.807, 2.05) is 25.3 Å². The first kappa shape index (κ1) is 15.9. The fourth-order valence-electron chi connectivity index (χ4n) is 2.06. The first-order chi connectivity index (χ1) is 10.1. The van der Waals surface area contributed by atoms with Crippen LogP contribution in [0.25, 0.3) is 0 Å². The van der Waals surface area contributed by atoms with Gasteiger partial charge in [0, 0.05) is 9.92 Å². The summed E-state index contributed by atoms with van der Waals surface area (Å²) in [6.07, 6.45) is 2.41. The van der Waals surface area contributed by atoms with E-state index < -0.39 is 0 Å². The third-order valence-electron chi connectivity index (χ3n) is 3.27. The molecule has 1 unspecified atom stereocenters. The van der Waals surface area contributed by atoms with E-state index in [-0.39, 0.29) is 11.9 Å². The summed E-state index contributed by atoms with van der Waals surface area (Å²) >= 11 is 7.54. The van der Waals surface area contributed by atoms with E-state index in [4.69, 9.17) is 11.6 Å². The predicted octanol–water partition coefficient (Wildman–Crippen LogP) is 4.48. The average molecular weight is 320 g/mol. The summed E-state index contributed by atoms with van der Waals surface area (Å²) in [6, 6.07) is 15.6. The van der Waals surface area contributed by atoms with Gasteiger partial charge >= 0.3 is 0 Å². The lowest BCUT2D eigenvalue weighted by atomic mass is 10.1. The maximum Gasteiger partial charge on any atom is 0.224 e. The molecule has 0 bridgehead atoms. The number of hydrogen-bond donors (Lipinski definition) is 1. The Bertz CT molecular complexity index is 595. The van der Waals surface area contributed by atoms with Gasteiger partial charge in [-0.2, -0.15) is 0 Å². The number of rotatable bonds is 5. The Morgan fingerprint density at radius 3 is 2.33 bits per heavy atom. The van der Waals surface area contributed by atoms with E-state index >= 15 is 0 Å². The van der Waals surface area contributed by atoms with Crippen molar-refractivity contribution in [3.05, 3.63) is 64.7 Å². The third kappa shape index (κ3) is 4.80. The molecule has 4 heteroatoms. The summed E-state index contributed by atoms with van der Waals surface area (Å²) in [6.45, 7) is 1.99. The normalized spacial score (nSPS) is 12.0. The van der Waals surface area contributed by atoms with E-state index in [9.17, 15) is 4.79 Å². The van der Waals surface area contributed by atoms with Crippen LogP contribution < -0.4 is 5.32 Å². The lowest BCUT2D eigenvalue weighted by Gasteiger charge is -2.15. The highest BCUT2D eigenvalue weighted by Crippen LogP contribution is 2.19. The molecule has 110 valence electrons. The van der Waals surface area contributed by atoms with Gasteiger partial charge in [0.05, 0.1) is 12.5 Å². The third-order valence-corrected chi connectivity index (χ3v) is 4.27. The fraction of sp³-hybridized carbons (Fsp3) is 0.235. The Morgan fingerprint density at radius 1 is 1.14 bits per heavy atom. The highest BCUT2D eigenvalue weighted by Gasteiger charge is 2.10. The van der Waals surface area contributed by atoms with Gasteiger partial charge in [-0.15, -0.1) is 11.8 Å². The summed E-state index contributed by atoms with van der Waals surface area (Å²) in [5.41, 5.74) is 2.07. The maximum atomic E-state index is 12.1. The first-order valence-electron chi connectivity index (χ1n) is 6.76. The van der Waals surface area contributed by atoms with Gasteiger partial charge in [0.1, 0.15) is 0 Å². The molecular formula is C17H18ClNOS. The van der Waals surface area contributed by atoms with Crippen LogP contribution in [-0.2, 0) is 11.2 Å². The molecule has 0 spiro atoms. The van der Waals surface area contributed by atoms with Crippen molar-refractivity contribution in [2.75, 3.05) is 6.26 Å². The zero-order valence-electron chi connectivity index (χ0n) is 12.1. The standard InChI is InChI=1S/C17H18ClNOS/c1-12(14-5-9-16(21-2)10-6-14)19-17(20)11-13-3-7-15(18)8-4-13/h3-10,12H,11H2,1-2H3,(H,19,20). The molecule has 0 heterocycles. The van der Waals surface area contributed by atoms with Gasteiger partial charge in [0.25, 0.3) is 0 Å². The predicted molar refractivity (Wildman–Crippen MR) is 89.9 cm³/mol. The van der Waals surface area contributed by atoms with E-state index in [1.54, 1.807) is 23.9 Å². The van der Waals surface area contributed by atoms with E-state index in [0.29, 0.717) is 11.4 Å². The van der Waals surface area contributed by atoms with E-state index in [1.165, 1.54) is 4.90 Å². The van der Waals surface area contributed by atoms with Crippen molar-refractivity contribution in [3.8, 4) is 0 Å². The molecule has 1 N–H and O–H groups in total. The number of carbonyl (C=O) groups excluding carboxylic acids is 1. The second-order valence-corrected chi connectivity index (χ2v) is 6.18. The molecule has 0 aliphatic carbocycles. The highest BCUT2D eigenvalue weighted by atomic mass is 35.5. The van der Waals surface area contributed by atoms with Crippen LogP contribution in [0.2, 0.25) is 5.02 Å². The molecule has 2 aromatic carbocycles. The molecule has 0 aliphatic rings. The minimum Gasteiger partial charge on any atom is -0.349 e. The smallest absolute Gasteiger partial charge is 0.224 e. The molecule has 1 atom stereocenters. The van der Waals surface area contributed by atoms with Crippen LogP contribution in [-0.4, -0.2) is 12.2 Å². The number of benzene rings is 2. The van der Waals surface area contributed by atoms with Gasteiger partial charge in [-0.1, -0.05) is 35.9 Å². The molecule has 21 heavy (non-hydrogen) atoms. The molecule has 2 nitrogen and oxygen atoms in total. The zero-order valence-corrected chi connectivity index (χ0v) is 13.7. The molecule has 0 saturated heterocycles. The van der Waals surface area contributed by atoms with Crippen LogP contribution in [0.1, 0.15) is 24.1 Å². The van der Waals surface area contributed by atoms with Crippen molar-refractivity contribution in [3.63, 3.8) is 0 Å². The molecule has 0 aliphatic heterocycles. The topological polar surface area (TPSA) is 29.1 Å². The Kier molecular flexibility index (Phi) is 5.71. The number of amides is 1. The Hall–Kier alpha value is -1.45. The number of thioether (sulfide) groups is 1. The number of halogens is 1. The number of hydrogen-bond acceptors (Lipinski definition) is 2. The first-order valence-corrected chi connectivity index (χ1v) is 8.36. The summed E-state index contributed by atoms with van der Waals surface area (Å²) in [5.74, 6) is 0.0127. The lowest BCUT2D eigenvalue weighted by Crippen LogP contribution is -2.28. The largest absolute Gasteiger partial charge is 0.349 e. The average Bonchev–Trinajstić information content (AvgIpc) is 2.49. The van der Waals surface area contributed by atoms with E-state index in [2.05, 4.69) is 29.6 Å². The molecule has 1 amide bonds. The molecule has 0 aromatic heterocycles. The van der Waals surface area contributed by atoms with Crippen LogP contribution in [0.15, 0.2) is 53.4 Å². The molecule has 2 rings (SSSR count). The summed E-state index contributed by atoms with van der Waals surface area (Å²) in [4.78, 5) is 13.3. The lowest BCUT2D eigenvalue weighted by molar-refractivity contribution is -0.121. The highest BCUT2D eigenvalue weighted by molar-refractivity contribution is 7.98. The summed E-state index contributed by atoms with van der Waals surface area (Å²) < 4.78 is 0. The fourth-order valence-corrected chi connectivity index (χ4v) is 2.59. The Labute approximate surface area is 134 Å². The molecular weight excluding hydrogens is 302 g/mol. The van der Waals surface area contributed by atoms with Crippen LogP contribution in [0, 0.1) is 0 Å². The number of nitrogens with one attached hydrogen (secondary N) is 1. The molecule has 0 saturated carbocycles. The second kappa shape index (κ2) is 7.53. The minimum absolute atomic E-state index is 0.000654. The SMILES string of the molecule is CSc1ccc(C(C)NC(=O)Cc2ccc(Cl)cc2)cc1. The Balaban J connectivity index is 1.93. The number of carbonyl (C=O) groups is 1. The van der Waals surface area contributed by atoms with Gasteiger partial charge < -0.3 is 5.32 Å². The molecule has 2 aromatic rings. The van der Waals surface area contributed by atoms with Gasteiger partial charge in [-0.3, -0.25) is 4.79 Å². The van der Waals surface area contributed by atoms with Crippen LogP contribution in [0.5, 0.6) is 0 Å². The summed E-state index contributed by atoms with van der Waals surface area (Å²) in [7, 11) is 0. The van der Waals surface area contributed by atoms with Crippen molar-refractivity contribution >= 4 is 29.3 Å². The molecule has 0 fully saturated rings. The van der Waals surface area contributed by atoms with Gasteiger partial charge in [0.2, 0.25) is 5.91 Å². The summed E-state index contributed by atoms with van der Waals surface area (Å²) in [5, 5.41) is 3.70. The van der Waals surface area contributed by atoms with Crippen molar-refractivity contribution < 1.29 is 4.79 Å².